The third-order valence-electron chi connectivity index (χ3n) is 2.57. The molecule has 0 aliphatic heterocycles. The van der Waals surface area contributed by atoms with Crippen LogP contribution in [0.4, 0.5) is 5.82 Å². The second kappa shape index (κ2) is 6.45. The van der Waals surface area contributed by atoms with Gasteiger partial charge in [0.1, 0.15) is 5.82 Å². The minimum atomic E-state index is 0.0443. The van der Waals surface area contributed by atoms with Crippen LogP contribution in [-0.4, -0.2) is 31.8 Å². The van der Waals surface area contributed by atoms with Gasteiger partial charge in [0.05, 0.1) is 6.61 Å². The Morgan fingerprint density at radius 3 is 2.88 bits per heavy atom. The number of nitrogens with two attached hydrogens (primary N) is 1. The summed E-state index contributed by atoms with van der Waals surface area (Å²) in [7, 11) is 1.71. The first kappa shape index (κ1) is 12.9. The average Bonchev–Trinajstić information content (AvgIpc) is 2.30. The number of nitrogens with zero attached hydrogens (tertiary/aromatic N) is 2. The van der Waals surface area contributed by atoms with Gasteiger partial charge < -0.3 is 15.4 Å². The summed E-state index contributed by atoms with van der Waals surface area (Å²) in [6.45, 7) is 6.56. The van der Waals surface area contributed by atoms with Gasteiger partial charge >= 0.3 is 0 Å². The molecule has 0 saturated carbocycles. The van der Waals surface area contributed by atoms with E-state index in [2.05, 4.69) is 16.8 Å². The predicted molar refractivity (Wildman–Crippen MR) is 66.6 cm³/mol. The first-order chi connectivity index (χ1) is 7.69. The zero-order valence-corrected chi connectivity index (χ0v) is 10.3. The van der Waals surface area contributed by atoms with Gasteiger partial charge in [0, 0.05) is 32.4 Å². The van der Waals surface area contributed by atoms with Crippen LogP contribution >= 0.6 is 0 Å². The van der Waals surface area contributed by atoms with Gasteiger partial charge in [0.2, 0.25) is 0 Å². The molecule has 1 heterocycles. The largest absolute Gasteiger partial charge is 0.383 e. The molecular formula is C12H21N3O. The minimum absolute atomic E-state index is 0.0443. The monoisotopic (exact) mass is 223 g/mol. The number of aromatic nitrogens is 1. The lowest BCUT2D eigenvalue weighted by Gasteiger charge is -2.22. The molecule has 0 amide bonds. The van der Waals surface area contributed by atoms with E-state index in [0.29, 0.717) is 6.61 Å². The SMILES string of the molecule is CCN(CCOC)c1cc(C(C)N)ccn1. The van der Waals surface area contributed by atoms with E-state index in [1.54, 1.807) is 7.11 Å². The van der Waals surface area contributed by atoms with E-state index in [4.69, 9.17) is 10.5 Å². The summed E-state index contributed by atoms with van der Waals surface area (Å²) in [5.74, 6) is 0.967. The van der Waals surface area contributed by atoms with E-state index in [-0.39, 0.29) is 6.04 Å². The maximum atomic E-state index is 5.85. The first-order valence-corrected chi connectivity index (χ1v) is 5.64. The van der Waals surface area contributed by atoms with Crippen molar-refractivity contribution < 1.29 is 4.74 Å². The molecule has 90 valence electrons. The molecule has 1 aromatic heterocycles. The number of hydrogen-bond acceptors (Lipinski definition) is 4. The molecule has 4 nitrogen and oxygen atoms in total. The molecule has 1 atom stereocenters. The molecule has 16 heavy (non-hydrogen) atoms. The fourth-order valence-corrected chi connectivity index (χ4v) is 1.53. The highest BCUT2D eigenvalue weighted by atomic mass is 16.5. The Kier molecular flexibility index (Phi) is 5.22. The van der Waals surface area contributed by atoms with Crippen LogP contribution in [0, 0.1) is 0 Å². The van der Waals surface area contributed by atoms with E-state index in [0.717, 1.165) is 24.5 Å². The lowest BCUT2D eigenvalue weighted by atomic mass is 10.1. The number of anilines is 1. The van der Waals surface area contributed by atoms with Crippen molar-refractivity contribution in [1.82, 2.24) is 4.98 Å². The number of likely N-dealkylation sites (N-methyl/N-ethyl adjacent to an activating group) is 1. The molecule has 0 saturated heterocycles. The number of pyridine rings is 1. The third kappa shape index (κ3) is 3.47. The van der Waals surface area contributed by atoms with Crippen LogP contribution in [0.25, 0.3) is 0 Å². The topological polar surface area (TPSA) is 51.4 Å². The van der Waals surface area contributed by atoms with Crippen molar-refractivity contribution in [3.8, 4) is 0 Å². The fourth-order valence-electron chi connectivity index (χ4n) is 1.53. The van der Waals surface area contributed by atoms with Crippen LogP contribution in [-0.2, 0) is 4.74 Å². The van der Waals surface area contributed by atoms with E-state index in [1.807, 2.05) is 25.3 Å². The lowest BCUT2D eigenvalue weighted by molar-refractivity contribution is 0.205. The second-order valence-corrected chi connectivity index (χ2v) is 3.81. The van der Waals surface area contributed by atoms with Crippen molar-refractivity contribution in [3.05, 3.63) is 23.9 Å². The minimum Gasteiger partial charge on any atom is -0.383 e. The van der Waals surface area contributed by atoms with Crippen molar-refractivity contribution in [2.24, 2.45) is 5.73 Å². The summed E-state index contributed by atoms with van der Waals surface area (Å²) in [5, 5.41) is 0. The summed E-state index contributed by atoms with van der Waals surface area (Å²) < 4.78 is 5.08. The van der Waals surface area contributed by atoms with Crippen molar-refractivity contribution in [3.63, 3.8) is 0 Å². The van der Waals surface area contributed by atoms with Gasteiger partial charge in [-0.1, -0.05) is 0 Å². The number of rotatable bonds is 6. The maximum absolute atomic E-state index is 5.85. The summed E-state index contributed by atoms with van der Waals surface area (Å²) >= 11 is 0. The summed E-state index contributed by atoms with van der Waals surface area (Å²) in [6, 6.07) is 4.05. The summed E-state index contributed by atoms with van der Waals surface area (Å²) in [4.78, 5) is 6.54. The molecule has 0 fully saturated rings. The van der Waals surface area contributed by atoms with E-state index in [1.165, 1.54) is 0 Å². The second-order valence-electron chi connectivity index (χ2n) is 3.81. The Hall–Kier alpha value is -1.13. The van der Waals surface area contributed by atoms with Crippen molar-refractivity contribution in [2.45, 2.75) is 19.9 Å². The van der Waals surface area contributed by atoms with E-state index in [9.17, 15) is 0 Å². The van der Waals surface area contributed by atoms with Crippen LogP contribution in [0.5, 0.6) is 0 Å². The molecule has 0 radical (unpaired) electrons. The normalized spacial score (nSPS) is 12.5. The number of ether oxygens (including phenoxy) is 1. The summed E-state index contributed by atoms with van der Waals surface area (Å²) in [6.07, 6.45) is 1.81. The highest BCUT2D eigenvalue weighted by Crippen LogP contribution is 2.16. The lowest BCUT2D eigenvalue weighted by Crippen LogP contribution is -2.27. The van der Waals surface area contributed by atoms with Crippen LogP contribution < -0.4 is 10.6 Å². The van der Waals surface area contributed by atoms with Crippen LogP contribution in [0.1, 0.15) is 25.5 Å². The zero-order chi connectivity index (χ0) is 12.0. The van der Waals surface area contributed by atoms with Crippen molar-refractivity contribution >= 4 is 5.82 Å². The molecule has 2 N–H and O–H groups in total. The van der Waals surface area contributed by atoms with Crippen molar-refractivity contribution in [1.29, 1.82) is 0 Å². The van der Waals surface area contributed by atoms with Gasteiger partial charge in [-0.3, -0.25) is 0 Å². The van der Waals surface area contributed by atoms with Gasteiger partial charge in [-0.25, -0.2) is 4.98 Å². The van der Waals surface area contributed by atoms with Gasteiger partial charge in [-0.2, -0.15) is 0 Å². The number of methoxy groups -OCH3 is 1. The molecular weight excluding hydrogens is 202 g/mol. The van der Waals surface area contributed by atoms with E-state index >= 15 is 0 Å². The predicted octanol–water partition coefficient (Wildman–Crippen LogP) is 1.57. The maximum Gasteiger partial charge on any atom is 0.128 e. The Morgan fingerprint density at radius 1 is 1.56 bits per heavy atom. The zero-order valence-electron chi connectivity index (χ0n) is 10.3. The quantitative estimate of drug-likeness (QED) is 0.795. The molecule has 0 aliphatic carbocycles. The standard InChI is InChI=1S/C12H21N3O/c1-4-15(7-8-16-3)12-9-11(10(2)13)5-6-14-12/h5-6,9-10H,4,7-8,13H2,1-3H3. The third-order valence-corrected chi connectivity index (χ3v) is 2.57. The van der Waals surface area contributed by atoms with Gasteiger partial charge in [0.25, 0.3) is 0 Å². The van der Waals surface area contributed by atoms with Gasteiger partial charge in [-0.15, -0.1) is 0 Å². The Morgan fingerprint density at radius 2 is 2.31 bits per heavy atom. The molecule has 0 aromatic carbocycles. The Bertz CT molecular complexity index is 315. The average molecular weight is 223 g/mol. The molecule has 0 spiro atoms. The molecule has 0 aliphatic rings. The molecule has 4 heteroatoms. The number of hydrogen-bond donors (Lipinski definition) is 1. The first-order valence-electron chi connectivity index (χ1n) is 5.64. The van der Waals surface area contributed by atoms with Crippen LogP contribution in [0.15, 0.2) is 18.3 Å². The Labute approximate surface area is 97.4 Å². The van der Waals surface area contributed by atoms with Crippen LogP contribution in [0.2, 0.25) is 0 Å². The molecule has 0 bridgehead atoms. The van der Waals surface area contributed by atoms with Crippen LogP contribution in [0.3, 0.4) is 0 Å². The fraction of sp³-hybridized carbons (Fsp3) is 0.583. The van der Waals surface area contributed by atoms with E-state index < -0.39 is 0 Å². The molecule has 1 rings (SSSR count). The highest BCUT2D eigenvalue weighted by Gasteiger charge is 2.07. The molecule has 1 aromatic rings. The molecule has 1 unspecified atom stereocenters. The van der Waals surface area contributed by atoms with Gasteiger partial charge in [-0.05, 0) is 31.5 Å². The summed E-state index contributed by atoms with van der Waals surface area (Å²) in [5.41, 5.74) is 6.97. The van der Waals surface area contributed by atoms with Gasteiger partial charge in [0.15, 0.2) is 0 Å². The smallest absolute Gasteiger partial charge is 0.128 e. The Balaban J connectivity index is 2.79. The van der Waals surface area contributed by atoms with Crippen molar-refractivity contribution in [2.75, 3.05) is 31.7 Å². The highest BCUT2D eigenvalue weighted by molar-refractivity contribution is 5.41.